The Morgan fingerprint density at radius 1 is 1.28 bits per heavy atom. The minimum Gasteiger partial charge on any atom is -0.496 e. The molecule has 1 aromatic rings. The van der Waals surface area contributed by atoms with Gasteiger partial charge in [-0.1, -0.05) is 0 Å². The van der Waals surface area contributed by atoms with Gasteiger partial charge >= 0.3 is 0 Å². The third-order valence-electron chi connectivity index (χ3n) is 3.15. The van der Waals surface area contributed by atoms with Crippen LogP contribution in [0.5, 0.6) is 11.5 Å². The first-order chi connectivity index (χ1) is 8.42. The lowest BCUT2D eigenvalue weighted by Crippen LogP contribution is -2.16. The fraction of sp³-hybridized carbons (Fsp3) is 0.500. The number of benzene rings is 1. The Morgan fingerprint density at radius 3 is 2.33 bits per heavy atom. The number of ether oxygens (including phenoxy) is 2. The van der Waals surface area contributed by atoms with Crippen LogP contribution in [0.4, 0.5) is 0 Å². The normalized spacial score (nSPS) is 12.1. The van der Waals surface area contributed by atoms with E-state index in [-0.39, 0.29) is 11.8 Å². The topological polar surface area (TPSA) is 61.5 Å². The van der Waals surface area contributed by atoms with Gasteiger partial charge in [-0.25, -0.2) is 0 Å². The first kappa shape index (κ1) is 14.5. The minimum atomic E-state index is -0.370. The lowest BCUT2D eigenvalue weighted by atomic mass is 9.96. The smallest absolute Gasteiger partial charge is 0.131 e. The molecule has 0 saturated heterocycles. The van der Waals surface area contributed by atoms with Crippen molar-refractivity contribution in [2.45, 2.75) is 33.2 Å². The molecule has 100 valence electrons. The predicted octanol–water partition coefficient (Wildman–Crippen LogP) is 2.30. The number of Topliss-reactive ketones (excluding diaryl/α,β-unsaturated/α-hetero) is 1. The molecule has 0 spiro atoms. The molecule has 4 nitrogen and oxygen atoms in total. The number of hydrogen-bond donors (Lipinski definition) is 1. The molecule has 0 radical (unpaired) electrons. The van der Waals surface area contributed by atoms with Crippen molar-refractivity contribution >= 4 is 5.78 Å². The molecule has 1 aromatic carbocycles. The lowest BCUT2D eigenvalue weighted by Gasteiger charge is -2.20. The van der Waals surface area contributed by atoms with Gasteiger partial charge in [0.25, 0.3) is 0 Å². The Bertz CT molecular complexity index is 455. The van der Waals surface area contributed by atoms with Gasteiger partial charge in [-0.05, 0) is 38.0 Å². The van der Waals surface area contributed by atoms with Gasteiger partial charge in [-0.2, -0.15) is 0 Å². The van der Waals surface area contributed by atoms with Crippen molar-refractivity contribution < 1.29 is 14.3 Å². The SMILES string of the molecule is COc1cc(C(N)CC(C)=O)c(OC)c(C)c1C. The second kappa shape index (κ2) is 5.87. The van der Waals surface area contributed by atoms with Gasteiger partial charge in [0.15, 0.2) is 0 Å². The molecule has 0 aliphatic carbocycles. The molecule has 0 fully saturated rings. The molecule has 1 rings (SSSR count). The van der Waals surface area contributed by atoms with Gasteiger partial charge in [0.05, 0.1) is 14.2 Å². The molecule has 1 atom stereocenters. The van der Waals surface area contributed by atoms with Crippen LogP contribution < -0.4 is 15.2 Å². The summed E-state index contributed by atoms with van der Waals surface area (Å²) in [5.41, 5.74) is 8.88. The third kappa shape index (κ3) is 2.82. The van der Waals surface area contributed by atoms with E-state index in [2.05, 4.69) is 0 Å². The van der Waals surface area contributed by atoms with E-state index in [0.29, 0.717) is 6.42 Å². The van der Waals surface area contributed by atoms with E-state index >= 15 is 0 Å². The highest BCUT2D eigenvalue weighted by Gasteiger charge is 2.19. The molecule has 1 unspecified atom stereocenters. The van der Waals surface area contributed by atoms with E-state index < -0.39 is 0 Å². The van der Waals surface area contributed by atoms with Crippen molar-refractivity contribution in [1.82, 2.24) is 0 Å². The van der Waals surface area contributed by atoms with Gasteiger partial charge in [-0.3, -0.25) is 4.79 Å². The Kier molecular flexibility index (Phi) is 4.73. The quantitative estimate of drug-likeness (QED) is 0.872. The molecule has 18 heavy (non-hydrogen) atoms. The maximum atomic E-state index is 11.2. The first-order valence-electron chi connectivity index (χ1n) is 5.89. The maximum Gasteiger partial charge on any atom is 0.131 e. The highest BCUT2D eigenvalue weighted by Crippen LogP contribution is 2.36. The van der Waals surface area contributed by atoms with Crippen LogP contribution in [0.2, 0.25) is 0 Å². The van der Waals surface area contributed by atoms with Crippen LogP contribution in [0, 0.1) is 13.8 Å². The highest BCUT2D eigenvalue weighted by molar-refractivity contribution is 5.76. The molecule has 2 N–H and O–H groups in total. The number of hydrogen-bond acceptors (Lipinski definition) is 4. The highest BCUT2D eigenvalue weighted by atomic mass is 16.5. The van der Waals surface area contributed by atoms with Crippen LogP contribution in [0.15, 0.2) is 6.07 Å². The Morgan fingerprint density at radius 2 is 1.89 bits per heavy atom. The fourth-order valence-corrected chi connectivity index (χ4v) is 2.06. The van der Waals surface area contributed by atoms with Gasteiger partial charge in [-0.15, -0.1) is 0 Å². The second-order valence-electron chi connectivity index (χ2n) is 4.46. The molecule has 0 aliphatic rings. The summed E-state index contributed by atoms with van der Waals surface area (Å²) in [4.78, 5) is 11.2. The van der Waals surface area contributed by atoms with E-state index in [1.54, 1.807) is 14.2 Å². The summed E-state index contributed by atoms with van der Waals surface area (Å²) in [7, 11) is 3.23. The average Bonchev–Trinajstić information content (AvgIpc) is 2.31. The summed E-state index contributed by atoms with van der Waals surface area (Å²) in [6, 6.07) is 1.49. The number of methoxy groups -OCH3 is 2. The largest absolute Gasteiger partial charge is 0.496 e. The van der Waals surface area contributed by atoms with Crippen LogP contribution in [-0.2, 0) is 4.79 Å². The Balaban J connectivity index is 3.32. The lowest BCUT2D eigenvalue weighted by molar-refractivity contribution is -0.117. The van der Waals surface area contributed by atoms with Gasteiger partial charge in [0.2, 0.25) is 0 Å². The number of ketones is 1. The van der Waals surface area contributed by atoms with E-state index in [0.717, 1.165) is 28.2 Å². The summed E-state index contributed by atoms with van der Waals surface area (Å²) < 4.78 is 10.7. The third-order valence-corrected chi connectivity index (χ3v) is 3.15. The van der Waals surface area contributed by atoms with Gasteiger partial charge in [0.1, 0.15) is 17.3 Å². The van der Waals surface area contributed by atoms with Crippen molar-refractivity contribution in [3.05, 3.63) is 22.8 Å². The summed E-state index contributed by atoms with van der Waals surface area (Å²) >= 11 is 0. The molecule has 0 aromatic heterocycles. The van der Waals surface area contributed by atoms with Crippen LogP contribution >= 0.6 is 0 Å². The molecule has 0 saturated carbocycles. The van der Waals surface area contributed by atoms with Crippen LogP contribution in [0.25, 0.3) is 0 Å². The standard InChI is InChI=1S/C14H21NO3/c1-8(16)6-12(15)11-7-13(17-4)9(2)10(3)14(11)18-5/h7,12H,6,15H2,1-5H3. The molecule has 0 bridgehead atoms. The predicted molar refractivity (Wildman–Crippen MR) is 71.2 cm³/mol. The van der Waals surface area contributed by atoms with Crippen molar-refractivity contribution in [2.24, 2.45) is 5.73 Å². The maximum absolute atomic E-state index is 11.2. The molecule has 0 heterocycles. The zero-order valence-corrected chi connectivity index (χ0v) is 11.7. The van der Waals surface area contributed by atoms with E-state index in [1.165, 1.54) is 6.92 Å². The number of rotatable bonds is 5. The number of carbonyl (C=O) groups excluding carboxylic acids is 1. The van der Waals surface area contributed by atoms with Crippen LogP contribution in [0.3, 0.4) is 0 Å². The zero-order valence-electron chi connectivity index (χ0n) is 11.7. The fourth-order valence-electron chi connectivity index (χ4n) is 2.06. The summed E-state index contributed by atoms with van der Waals surface area (Å²) in [6.07, 6.45) is 0.294. The van der Waals surface area contributed by atoms with E-state index in [4.69, 9.17) is 15.2 Å². The van der Waals surface area contributed by atoms with Gasteiger partial charge < -0.3 is 15.2 Å². The summed E-state index contributed by atoms with van der Waals surface area (Å²) in [5, 5.41) is 0. The monoisotopic (exact) mass is 251 g/mol. The van der Waals surface area contributed by atoms with E-state index in [1.807, 2.05) is 19.9 Å². The second-order valence-corrected chi connectivity index (χ2v) is 4.46. The Labute approximate surface area is 108 Å². The summed E-state index contributed by atoms with van der Waals surface area (Å²) in [6.45, 7) is 5.46. The number of carbonyl (C=O) groups is 1. The number of nitrogens with two attached hydrogens (primary N) is 1. The minimum absolute atomic E-state index is 0.0572. The van der Waals surface area contributed by atoms with Gasteiger partial charge in [0, 0.05) is 18.0 Å². The molecular weight excluding hydrogens is 230 g/mol. The first-order valence-corrected chi connectivity index (χ1v) is 5.89. The van der Waals surface area contributed by atoms with Crippen LogP contribution in [-0.4, -0.2) is 20.0 Å². The molecular formula is C14H21NO3. The Hall–Kier alpha value is -1.55. The van der Waals surface area contributed by atoms with Crippen LogP contribution in [0.1, 0.15) is 36.1 Å². The molecule has 0 aliphatic heterocycles. The van der Waals surface area contributed by atoms with Crippen molar-refractivity contribution in [2.75, 3.05) is 14.2 Å². The molecule has 0 amide bonds. The average molecular weight is 251 g/mol. The molecule has 4 heteroatoms. The van der Waals surface area contributed by atoms with Crippen molar-refractivity contribution in [3.8, 4) is 11.5 Å². The zero-order chi connectivity index (χ0) is 13.9. The van der Waals surface area contributed by atoms with Crippen molar-refractivity contribution in [3.63, 3.8) is 0 Å². The summed E-state index contributed by atoms with van der Waals surface area (Å²) in [5.74, 6) is 1.56. The van der Waals surface area contributed by atoms with E-state index in [9.17, 15) is 4.79 Å². The van der Waals surface area contributed by atoms with Crippen molar-refractivity contribution in [1.29, 1.82) is 0 Å².